The van der Waals surface area contributed by atoms with Gasteiger partial charge in [-0.25, -0.2) is 0 Å². The predicted octanol–water partition coefficient (Wildman–Crippen LogP) is 24.2. The smallest absolute Gasteiger partial charge is 0.0645 e. The van der Waals surface area contributed by atoms with Gasteiger partial charge < -0.3 is 18.6 Å². The first-order valence-corrected chi connectivity index (χ1v) is 30.3. The maximum atomic E-state index is 10.2. The molecule has 4 aromatic heterocycles. The van der Waals surface area contributed by atoms with Crippen LogP contribution in [0.15, 0.2) is 291 Å². The van der Waals surface area contributed by atoms with E-state index in [1.807, 2.05) is 48.5 Å². The molecule has 4 nitrogen and oxygen atoms in total. The molecule has 0 unspecified atom stereocenters. The Bertz CT molecular complexity index is 5990. The van der Waals surface area contributed by atoms with E-state index in [0.717, 1.165) is 76.5 Å². The lowest BCUT2D eigenvalue weighted by Gasteiger charge is -2.30. The van der Waals surface area contributed by atoms with Gasteiger partial charge in [-0.1, -0.05) is 260 Å². The van der Waals surface area contributed by atoms with Gasteiger partial charge in [0.05, 0.1) is 89.2 Å². The molecule has 0 spiro atoms. The van der Waals surface area contributed by atoms with Crippen LogP contribution >= 0.6 is 0 Å². The summed E-state index contributed by atoms with van der Waals surface area (Å²) in [4.78, 5) is 3.29. The van der Waals surface area contributed by atoms with Gasteiger partial charge in [0.15, 0.2) is 0 Å². The van der Waals surface area contributed by atoms with Gasteiger partial charge in [0.1, 0.15) is 0 Å². The highest BCUT2D eigenvalue weighted by Gasteiger charge is 2.32. The third-order valence-electron chi connectivity index (χ3n) is 18.0. The molecule has 0 aliphatic carbocycles. The van der Waals surface area contributed by atoms with E-state index in [1.54, 1.807) is 107 Å². The van der Waals surface area contributed by atoms with Gasteiger partial charge in [-0.15, -0.1) is 0 Å². The summed E-state index contributed by atoms with van der Waals surface area (Å²) in [7, 11) is 0. The van der Waals surface area contributed by atoms with Gasteiger partial charge in [-0.05, 0) is 117 Å². The molecular formula is C86H66N4. The molecule has 0 saturated carbocycles. The number of hydrogen-bond acceptors (Lipinski definition) is 2. The topological polar surface area (TPSA) is 15.3 Å². The summed E-state index contributed by atoms with van der Waals surface area (Å²) in [5, 5.41) is 6.06. The highest BCUT2D eigenvalue weighted by Crippen LogP contribution is 2.55. The van der Waals surface area contributed by atoms with Crippen molar-refractivity contribution in [3.05, 3.63) is 302 Å². The van der Waals surface area contributed by atoms with Crippen molar-refractivity contribution in [1.82, 2.24) is 8.80 Å². The van der Waals surface area contributed by atoms with Gasteiger partial charge in [-0.2, -0.15) is 0 Å². The van der Waals surface area contributed by atoms with Crippen LogP contribution in [0.1, 0.15) is 74.6 Å². The minimum atomic E-state index is -0.542. The Morgan fingerprint density at radius 1 is 0.278 bits per heavy atom. The van der Waals surface area contributed by atoms with Crippen molar-refractivity contribution in [1.29, 1.82) is 0 Å². The second-order valence-corrected chi connectivity index (χ2v) is 25.3. The lowest BCUT2D eigenvalue weighted by molar-refractivity contribution is 0.591. The van der Waals surface area contributed by atoms with Crippen molar-refractivity contribution in [3.63, 3.8) is 0 Å². The standard InChI is InChI=1S/C86H66N4/c1-85(2,3)59-43-47-75-69(51-59)81-77(87(71-39-23-19-35-61(71)55-27-11-7-12-28-55)72-40-24-20-36-62(72)56-29-13-8-14-30-56)49-45-65-67-54-80-68(53-79(67)89(75)83(65)81)66-46-50-78(82-70-52-60(86(4,5)6)44-48-76(70)90(80)84(66)82)88(73-41-25-21-37-63(73)57-31-15-9-16-32-57)74-42-26-22-38-64(74)58-33-17-10-18-34-58/h7-54H,1-6H3/i19D,20D,21D,22D,23D,24D,25D,26D,35D,36D,37D,38D,39D,40D,41D,42D. The van der Waals surface area contributed by atoms with Gasteiger partial charge in [-0.3, -0.25) is 0 Å². The van der Waals surface area contributed by atoms with Crippen LogP contribution < -0.4 is 9.80 Å². The van der Waals surface area contributed by atoms with E-state index >= 15 is 0 Å². The van der Waals surface area contributed by atoms with Gasteiger partial charge in [0.25, 0.3) is 0 Å². The number of fused-ring (bicyclic) bond motifs is 12. The molecule has 0 aliphatic heterocycles. The van der Waals surface area contributed by atoms with Crippen molar-refractivity contribution in [2.24, 2.45) is 0 Å². The first kappa shape index (κ1) is 39.1. The van der Waals surface area contributed by atoms with Gasteiger partial charge >= 0.3 is 0 Å². The second kappa shape index (κ2) is 20.3. The van der Waals surface area contributed by atoms with Crippen LogP contribution in [0.25, 0.3) is 121 Å². The SMILES string of the molecule is [2H]c1c([2H])c([2H])c(N(c2c([2H])c([2H])c([2H])c([2H])c2-c2ccccc2)c2ccc3c4cc5c(cc4n4c6ccc(C(C)(C)C)cc6c2c34)c2ccc(N(c3c([2H])c([2H])c([2H])c([2H])c3-c3ccccc3)c3c([2H])c([2H])c([2H])c([2H])c3-c3ccccc3)c3c4cc(C(C)(C)C)ccc4n5c23)c(-c2ccccc2)c1[2H]. The molecular weight excluding hydrogens is 1090 g/mol. The Morgan fingerprint density at radius 2 is 0.578 bits per heavy atom. The maximum Gasteiger partial charge on any atom is 0.0645 e. The van der Waals surface area contributed by atoms with E-state index in [0.29, 0.717) is 44.4 Å². The Balaban J connectivity index is 1.04. The predicted molar refractivity (Wildman–Crippen MR) is 384 cm³/mol. The molecule has 17 rings (SSSR count). The molecule has 0 aliphatic rings. The molecule has 0 N–H and O–H groups in total. The fourth-order valence-electron chi connectivity index (χ4n) is 13.7. The fourth-order valence-corrected chi connectivity index (χ4v) is 13.7. The second-order valence-electron chi connectivity index (χ2n) is 25.3. The molecule has 0 saturated heterocycles. The molecule has 0 fully saturated rings. The van der Waals surface area contributed by atoms with Crippen molar-refractivity contribution < 1.29 is 21.9 Å². The van der Waals surface area contributed by atoms with Crippen LogP contribution in [0, 0.1) is 0 Å². The van der Waals surface area contributed by atoms with Gasteiger partial charge in [0, 0.05) is 65.3 Å². The summed E-state index contributed by atoms with van der Waals surface area (Å²) in [6, 6.07) is 53.3. The molecule has 13 aromatic carbocycles. The van der Waals surface area contributed by atoms with Crippen LogP contribution in [0.5, 0.6) is 0 Å². The average Bonchev–Trinajstić information content (AvgIpc) is 1.49. The molecule has 430 valence electrons. The normalized spacial score (nSPS) is 14.8. The first-order chi connectivity index (χ1) is 50.6. The summed E-state index contributed by atoms with van der Waals surface area (Å²) < 4.78 is 159. The van der Waals surface area contributed by atoms with Crippen molar-refractivity contribution in [3.8, 4) is 44.5 Å². The fraction of sp³-hybridized carbons (Fsp3) is 0.0930. The zero-order valence-electron chi connectivity index (χ0n) is 66.3. The van der Waals surface area contributed by atoms with Crippen LogP contribution in [-0.2, 0) is 10.8 Å². The minimum Gasteiger partial charge on any atom is -0.309 e. The summed E-state index contributed by atoms with van der Waals surface area (Å²) in [6.07, 6.45) is 0. The molecule has 0 bridgehead atoms. The van der Waals surface area contributed by atoms with Crippen molar-refractivity contribution in [2.45, 2.75) is 52.4 Å². The van der Waals surface area contributed by atoms with Crippen molar-refractivity contribution in [2.75, 3.05) is 9.80 Å². The van der Waals surface area contributed by atoms with Crippen LogP contribution in [0.4, 0.5) is 34.1 Å². The molecule has 4 heteroatoms. The molecule has 4 heterocycles. The highest BCUT2D eigenvalue weighted by atomic mass is 15.2. The number of nitrogens with zero attached hydrogens (tertiary/aromatic N) is 4. The zero-order chi connectivity index (χ0) is 74.5. The molecule has 0 radical (unpaired) electrons. The van der Waals surface area contributed by atoms with E-state index in [1.165, 1.54) is 0 Å². The third-order valence-corrected chi connectivity index (χ3v) is 18.0. The first-order valence-electron chi connectivity index (χ1n) is 38.3. The Kier molecular flexibility index (Phi) is 8.82. The lowest BCUT2D eigenvalue weighted by Crippen LogP contribution is -2.13. The van der Waals surface area contributed by atoms with E-state index in [-0.39, 0.29) is 69.2 Å². The molecule has 90 heavy (non-hydrogen) atoms. The lowest BCUT2D eigenvalue weighted by atomic mass is 9.86. The van der Waals surface area contributed by atoms with E-state index in [9.17, 15) is 21.9 Å². The van der Waals surface area contributed by atoms with Gasteiger partial charge in [0.2, 0.25) is 0 Å². The number of rotatable bonds is 10. The molecule has 0 amide bonds. The number of aromatic nitrogens is 2. The average molecular weight is 1170 g/mol. The Morgan fingerprint density at radius 3 is 0.878 bits per heavy atom. The molecule has 17 aromatic rings. The van der Waals surface area contributed by atoms with Crippen LogP contribution in [0.2, 0.25) is 0 Å². The summed E-state index contributed by atoms with van der Waals surface area (Å²) in [6.45, 7) is 12.8. The quantitative estimate of drug-likeness (QED) is 0.136. The third kappa shape index (κ3) is 8.21. The zero-order valence-corrected chi connectivity index (χ0v) is 50.3. The van der Waals surface area contributed by atoms with Crippen molar-refractivity contribution >= 4 is 110 Å². The minimum absolute atomic E-state index is 0.0300. The summed E-state index contributed by atoms with van der Waals surface area (Å²) >= 11 is 0. The number of hydrogen-bond donors (Lipinski definition) is 0. The van der Waals surface area contributed by atoms with E-state index < -0.39 is 83.3 Å². The Hall–Kier alpha value is -10.9. The number of para-hydroxylation sites is 4. The van der Waals surface area contributed by atoms with E-state index in [2.05, 4.69) is 98.9 Å². The Labute approximate surface area is 547 Å². The monoisotopic (exact) mass is 1170 g/mol. The summed E-state index contributed by atoms with van der Waals surface area (Å²) in [5.41, 5.74) is 8.68. The van der Waals surface area contributed by atoms with Crippen LogP contribution in [0.3, 0.4) is 0 Å². The highest BCUT2D eigenvalue weighted by molar-refractivity contribution is 6.32. The molecule has 0 atom stereocenters. The number of benzene rings is 13. The maximum absolute atomic E-state index is 10.2. The van der Waals surface area contributed by atoms with E-state index in [4.69, 9.17) is 0 Å². The van der Waals surface area contributed by atoms with Crippen LogP contribution in [-0.4, -0.2) is 8.80 Å². The largest absolute Gasteiger partial charge is 0.309 e. The summed E-state index contributed by atoms with van der Waals surface area (Å²) in [5.74, 6) is 0. The number of anilines is 6.